The molecule has 0 amide bonds. The van der Waals surface area contributed by atoms with Crippen molar-refractivity contribution in [2.24, 2.45) is 0 Å². The summed E-state index contributed by atoms with van der Waals surface area (Å²) < 4.78 is 7.84. The number of aromatic nitrogens is 3. The minimum absolute atomic E-state index is 0.0841. The Labute approximate surface area is 130 Å². The zero-order valence-corrected chi connectivity index (χ0v) is 12.8. The second kappa shape index (κ2) is 7.00. The Morgan fingerprint density at radius 1 is 1.36 bits per heavy atom. The van der Waals surface area contributed by atoms with Crippen molar-refractivity contribution in [3.63, 3.8) is 0 Å². The zero-order valence-electron chi connectivity index (χ0n) is 12.8. The van der Waals surface area contributed by atoms with E-state index in [1.54, 1.807) is 6.33 Å². The van der Waals surface area contributed by atoms with Crippen LogP contribution in [0.1, 0.15) is 30.5 Å². The summed E-state index contributed by atoms with van der Waals surface area (Å²) in [5.41, 5.74) is 0.947. The molecule has 1 aliphatic rings. The van der Waals surface area contributed by atoms with E-state index in [1.807, 2.05) is 34.9 Å². The van der Waals surface area contributed by atoms with E-state index in [2.05, 4.69) is 22.0 Å². The van der Waals surface area contributed by atoms with E-state index in [0.717, 1.165) is 31.0 Å². The molecule has 2 aromatic rings. The molecule has 0 unspecified atom stereocenters. The monoisotopic (exact) mass is 302 g/mol. The third-order valence-electron chi connectivity index (χ3n) is 4.04. The van der Waals surface area contributed by atoms with Crippen LogP contribution in [0.2, 0.25) is 0 Å². The summed E-state index contributed by atoms with van der Waals surface area (Å²) in [6, 6.07) is 9.76. The number of β-amino-alcohol motifs (C(OH)–C–C–N with tert-alkyl or cyclic N) is 1. The highest BCUT2D eigenvalue weighted by Crippen LogP contribution is 2.22. The van der Waals surface area contributed by atoms with Crippen LogP contribution in [0.15, 0.2) is 36.7 Å². The highest BCUT2D eigenvalue weighted by atomic mass is 16.5. The molecule has 2 heterocycles. The molecule has 1 aromatic carbocycles. The highest BCUT2D eigenvalue weighted by molar-refractivity contribution is 5.17. The van der Waals surface area contributed by atoms with Gasteiger partial charge in [0.05, 0.1) is 12.7 Å². The van der Waals surface area contributed by atoms with Gasteiger partial charge >= 0.3 is 0 Å². The lowest BCUT2D eigenvalue weighted by Gasteiger charge is -2.33. The number of benzene rings is 1. The maximum atomic E-state index is 10.4. The molecule has 2 atom stereocenters. The van der Waals surface area contributed by atoms with Crippen molar-refractivity contribution in [2.45, 2.75) is 25.7 Å². The lowest BCUT2D eigenvalue weighted by molar-refractivity contribution is -0.0476. The van der Waals surface area contributed by atoms with Gasteiger partial charge in [0, 0.05) is 26.2 Å². The number of aryl methyl sites for hydroxylation is 1. The average molecular weight is 302 g/mol. The van der Waals surface area contributed by atoms with Gasteiger partial charge in [-0.05, 0) is 12.5 Å². The molecule has 0 saturated carbocycles. The minimum atomic E-state index is -0.482. The number of morpholine rings is 1. The summed E-state index contributed by atoms with van der Waals surface area (Å²) >= 11 is 0. The Kier molecular flexibility index (Phi) is 4.82. The third-order valence-corrected chi connectivity index (χ3v) is 4.04. The fourth-order valence-electron chi connectivity index (χ4n) is 2.81. The molecule has 0 bridgehead atoms. The molecule has 3 rings (SSSR count). The molecular formula is C16H22N4O2. The summed E-state index contributed by atoms with van der Waals surface area (Å²) in [5.74, 6) is 0.862. The van der Waals surface area contributed by atoms with Gasteiger partial charge in [0.15, 0.2) is 5.82 Å². The van der Waals surface area contributed by atoms with Crippen LogP contribution >= 0.6 is 0 Å². The van der Waals surface area contributed by atoms with Crippen LogP contribution in [0.3, 0.4) is 0 Å². The molecule has 0 spiro atoms. The Morgan fingerprint density at radius 3 is 2.95 bits per heavy atom. The summed E-state index contributed by atoms with van der Waals surface area (Å²) in [6.45, 7) is 5.68. The van der Waals surface area contributed by atoms with Gasteiger partial charge in [-0.15, -0.1) is 10.2 Å². The molecular weight excluding hydrogens is 280 g/mol. The van der Waals surface area contributed by atoms with Crippen LogP contribution in [-0.2, 0) is 11.3 Å². The predicted octanol–water partition coefficient (Wildman–Crippen LogP) is 1.40. The number of aliphatic hydroxyl groups is 1. The molecule has 1 saturated heterocycles. The third kappa shape index (κ3) is 3.35. The van der Waals surface area contributed by atoms with Crippen molar-refractivity contribution in [3.05, 3.63) is 48.0 Å². The van der Waals surface area contributed by atoms with E-state index in [0.29, 0.717) is 13.2 Å². The SMILES string of the molecule is CCn1cnnc1[C@@H]1CN(C[C@@H](O)c2ccccc2)CCO1. The summed E-state index contributed by atoms with van der Waals surface area (Å²) in [4.78, 5) is 2.22. The van der Waals surface area contributed by atoms with Gasteiger partial charge in [-0.2, -0.15) is 0 Å². The number of ether oxygens (including phenoxy) is 1. The first kappa shape index (κ1) is 15.1. The summed E-state index contributed by atoms with van der Waals surface area (Å²) in [5, 5.41) is 18.5. The summed E-state index contributed by atoms with van der Waals surface area (Å²) in [6.07, 6.45) is 1.17. The average Bonchev–Trinajstić information content (AvgIpc) is 3.04. The Hall–Kier alpha value is -1.76. The standard InChI is InChI=1S/C16H22N4O2/c1-2-20-12-17-18-16(20)15-11-19(8-9-22-15)10-14(21)13-6-4-3-5-7-13/h3-7,12,14-15,21H,2,8-11H2,1H3/t14-,15+/m1/s1. The normalized spacial score (nSPS) is 20.9. The molecule has 6 nitrogen and oxygen atoms in total. The lowest BCUT2D eigenvalue weighted by atomic mass is 10.1. The maximum Gasteiger partial charge on any atom is 0.163 e. The van der Waals surface area contributed by atoms with Gasteiger partial charge in [0.25, 0.3) is 0 Å². The van der Waals surface area contributed by atoms with Crippen LogP contribution in [0.25, 0.3) is 0 Å². The number of nitrogens with zero attached hydrogens (tertiary/aromatic N) is 4. The first-order chi connectivity index (χ1) is 10.8. The molecule has 0 radical (unpaired) electrons. The van der Waals surface area contributed by atoms with Gasteiger partial charge in [-0.1, -0.05) is 30.3 Å². The van der Waals surface area contributed by atoms with E-state index < -0.39 is 6.10 Å². The quantitative estimate of drug-likeness (QED) is 0.904. The van der Waals surface area contributed by atoms with Crippen molar-refractivity contribution in [1.29, 1.82) is 0 Å². The van der Waals surface area contributed by atoms with Gasteiger partial charge in [-0.3, -0.25) is 4.90 Å². The van der Waals surface area contributed by atoms with E-state index in [-0.39, 0.29) is 6.10 Å². The van der Waals surface area contributed by atoms with E-state index >= 15 is 0 Å². The minimum Gasteiger partial charge on any atom is -0.387 e. The molecule has 1 N–H and O–H groups in total. The molecule has 0 aliphatic carbocycles. The second-order valence-electron chi connectivity index (χ2n) is 5.52. The molecule has 6 heteroatoms. The number of hydrogen-bond donors (Lipinski definition) is 1. The van der Waals surface area contributed by atoms with Crippen molar-refractivity contribution in [3.8, 4) is 0 Å². The van der Waals surface area contributed by atoms with Crippen LogP contribution in [0.5, 0.6) is 0 Å². The number of hydrogen-bond acceptors (Lipinski definition) is 5. The van der Waals surface area contributed by atoms with Crippen molar-refractivity contribution in [2.75, 3.05) is 26.2 Å². The van der Waals surface area contributed by atoms with Crippen LogP contribution in [0.4, 0.5) is 0 Å². The fourth-order valence-corrected chi connectivity index (χ4v) is 2.81. The number of rotatable bonds is 5. The van der Waals surface area contributed by atoms with Crippen LogP contribution in [0, 0.1) is 0 Å². The van der Waals surface area contributed by atoms with E-state index in [1.165, 1.54) is 0 Å². The Balaban J connectivity index is 1.63. The Morgan fingerprint density at radius 2 is 2.18 bits per heavy atom. The first-order valence-corrected chi connectivity index (χ1v) is 7.72. The predicted molar refractivity (Wildman–Crippen MR) is 82.2 cm³/mol. The van der Waals surface area contributed by atoms with E-state index in [9.17, 15) is 5.11 Å². The van der Waals surface area contributed by atoms with Gasteiger partial charge in [0.1, 0.15) is 12.4 Å². The van der Waals surface area contributed by atoms with E-state index in [4.69, 9.17) is 4.74 Å². The second-order valence-corrected chi connectivity index (χ2v) is 5.52. The first-order valence-electron chi connectivity index (χ1n) is 7.72. The van der Waals surface area contributed by atoms with Gasteiger partial charge < -0.3 is 14.4 Å². The van der Waals surface area contributed by atoms with Gasteiger partial charge in [0.2, 0.25) is 0 Å². The molecule has 22 heavy (non-hydrogen) atoms. The number of aliphatic hydroxyl groups excluding tert-OH is 1. The van der Waals surface area contributed by atoms with Crippen molar-refractivity contribution >= 4 is 0 Å². The highest BCUT2D eigenvalue weighted by Gasteiger charge is 2.27. The lowest BCUT2D eigenvalue weighted by Crippen LogP contribution is -2.41. The topological polar surface area (TPSA) is 63.4 Å². The Bertz CT molecular complexity index is 587. The zero-order chi connectivity index (χ0) is 15.4. The molecule has 1 fully saturated rings. The summed E-state index contributed by atoms with van der Waals surface area (Å²) in [7, 11) is 0. The van der Waals surface area contributed by atoms with Crippen LogP contribution < -0.4 is 0 Å². The largest absolute Gasteiger partial charge is 0.387 e. The molecule has 1 aromatic heterocycles. The van der Waals surface area contributed by atoms with Crippen LogP contribution in [-0.4, -0.2) is 51.0 Å². The fraction of sp³-hybridized carbons (Fsp3) is 0.500. The van der Waals surface area contributed by atoms with Crippen molar-refractivity contribution in [1.82, 2.24) is 19.7 Å². The van der Waals surface area contributed by atoms with Crippen molar-refractivity contribution < 1.29 is 9.84 Å². The molecule has 118 valence electrons. The smallest absolute Gasteiger partial charge is 0.163 e. The molecule has 1 aliphatic heterocycles. The maximum absolute atomic E-state index is 10.4. The van der Waals surface area contributed by atoms with Gasteiger partial charge in [-0.25, -0.2) is 0 Å².